The topological polar surface area (TPSA) is 54.9 Å². The zero-order chi connectivity index (χ0) is 12.5. The first-order chi connectivity index (χ1) is 8.72. The van der Waals surface area contributed by atoms with Gasteiger partial charge in [-0.05, 0) is 35.9 Å². The Labute approximate surface area is 116 Å². The minimum absolute atomic E-state index is 0.270. The summed E-state index contributed by atoms with van der Waals surface area (Å²) in [4.78, 5) is 9.35. The lowest BCUT2D eigenvalue weighted by Gasteiger charge is -2.23. The van der Waals surface area contributed by atoms with Gasteiger partial charge in [0.1, 0.15) is 10.6 Å². The van der Waals surface area contributed by atoms with E-state index in [1.165, 1.54) is 0 Å². The molecule has 2 aromatic heterocycles. The number of nitrogens with one attached hydrogen (secondary N) is 1. The Morgan fingerprint density at radius 1 is 1.39 bits per heavy atom. The predicted octanol–water partition coefficient (Wildman–Crippen LogP) is 2.67. The van der Waals surface area contributed by atoms with Crippen LogP contribution in [0, 0.1) is 0 Å². The van der Waals surface area contributed by atoms with Crippen LogP contribution in [0.5, 0.6) is 0 Å². The number of thiophene rings is 1. The molecule has 4 nitrogen and oxygen atoms in total. The Morgan fingerprint density at radius 2 is 2.17 bits per heavy atom. The molecule has 0 radical (unpaired) electrons. The summed E-state index contributed by atoms with van der Waals surface area (Å²) in [6, 6.07) is 2.33. The second-order valence-corrected chi connectivity index (χ2v) is 7.18. The van der Waals surface area contributed by atoms with Crippen LogP contribution in [0.3, 0.4) is 0 Å². The van der Waals surface area contributed by atoms with E-state index in [9.17, 15) is 4.21 Å². The van der Waals surface area contributed by atoms with Crippen molar-refractivity contribution in [3.63, 3.8) is 0 Å². The number of aromatic nitrogens is 2. The number of hydrogen-bond acceptors (Lipinski definition) is 5. The Balaban J connectivity index is 1.85. The van der Waals surface area contributed by atoms with Crippen molar-refractivity contribution in [2.45, 2.75) is 18.9 Å². The van der Waals surface area contributed by atoms with Gasteiger partial charge in [0.15, 0.2) is 0 Å². The van der Waals surface area contributed by atoms with Crippen LogP contribution in [-0.2, 0) is 10.8 Å². The van der Waals surface area contributed by atoms with Gasteiger partial charge in [-0.2, -0.15) is 0 Å². The highest BCUT2D eigenvalue weighted by atomic mass is 35.5. The number of halogens is 1. The monoisotopic (exact) mass is 301 g/mol. The fourth-order valence-corrected chi connectivity index (χ4v) is 4.35. The van der Waals surface area contributed by atoms with Gasteiger partial charge in [-0.3, -0.25) is 4.21 Å². The summed E-state index contributed by atoms with van der Waals surface area (Å²) in [5.41, 5.74) is 0. The van der Waals surface area contributed by atoms with Gasteiger partial charge >= 0.3 is 0 Å². The van der Waals surface area contributed by atoms with E-state index in [1.807, 2.05) is 11.4 Å². The molecule has 0 aliphatic carbocycles. The van der Waals surface area contributed by atoms with Gasteiger partial charge in [-0.1, -0.05) is 0 Å². The molecule has 0 atom stereocenters. The molecule has 0 unspecified atom stereocenters. The number of nitrogens with zero attached hydrogens (tertiary/aromatic N) is 2. The first-order valence-electron chi connectivity index (χ1n) is 5.74. The van der Waals surface area contributed by atoms with Crippen molar-refractivity contribution in [2.75, 3.05) is 16.8 Å². The molecular formula is C11H12ClN3OS2. The minimum atomic E-state index is -0.639. The Kier molecular flexibility index (Phi) is 3.50. The summed E-state index contributed by atoms with van der Waals surface area (Å²) in [7, 11) is -0.639. The van der Waals surface area contributed by atoms with Gasteiger partial charge in [-0.15, -0.1) is 11.3 Å². The van der Waals surface area contributed by atoms with Gasteiger partial charge in [0, 0.05) is 28.3 Å². The normalized spacial score (nSPS) is 24.3. The van der Waals surface area contributed by atoms with Gasteiger partial charge in [0.2, 0.25) is 5.28 Å². The third kappa shape index (κ3) is 2.50. The molecule has 2 aromatic rings. The van der Waals surface area contributed by atoms with Crippen LogP contribution in [-0.4, -0.2) is 31.7 Å². The van der Waals surface area contributed by atoms with E-state index in [4.69, 9.17) is 11.6 Å². The lowest BCUT2D eigenvalue weighted by molar-refractivity contribution is 0.623. The summed E-state index contributed by atoms with van der Waals surface area (Å²) in [5, 5.41) is 6.67. The Morgan fingerprint density at radius 3 is 2.94 bits per heavy atom. The summed E-state index contributed by atoms with van der Waals surface area (Å²) in [6.45, 7) is 0. The zero-order valence-electron chi connectivity index (χ0n) is 9.56. The minimum Gasteiger partial charge on any atom is -0.367 e. The quantitative estimate of drug-likeness (QED) is 0.867. The molecule has 1 N–H and O–H groups in total. The fraction of sp³-hybridized carbons (Fsp3) is 0.455. The van der Waals surface area contributed by atoms with Gasteiger partial charge in [-0.25, -0.2) is 9.97 Å². The van der Waals surface area contributed by atoms with Crippen molar-refractivity contribution in [1.82, 2.24) is 9.97 Å². The van der Waals surface area contributed by atoms with Crippen molar-refractivity contribution in [3.8, 4) is 0 Å². The molecule has 18 heavy (non-hydrogen) atoms. The van der Waals surface area contributed by atoms with Crippen LogP contribution in [0.15, 0.2) is 11.4 Å². The van der Waals surface area contributed by atoms with Gasteiger partial charge < -0.3 is 5.32 Å². The molecule has 0 spiro atoms. The van der Waals surface area contributed by atoms with Crippen molar-refractivity contribution < 1.29 is 4.21 Å². The molecule has 7 heteroatoms. The maximum Gasteiger partial charge on any atom is 0.225 e. The number of fused-ring (bicyclic) bond motifs is 1. The van der Waals surface area contributed by atoms with Crippen LogP contribution in [0.4, 0.5) is 5.82 Å². The highest BCUT2D eigenvalue weighted by Gasteiger charge is 2.19. The van der Waals surface area contributed by atoms with Crippen molar-refractivity contribution in [1.29, 1.82) is 0 Å². The fourth-order valence-electron chi connectivity index (χ4n) is 2.07. The third-order valence-corrected chi connectivity index (χ3v) is 5.38. The van der Waals surface area contributed by atoms with Crippen LogP contribution in [0.1, 0.15) is 12.8 Å². The van der Waals surface area contributed by atoms with Crippen LogP contribution >= 0.6 is 22.9 Å². The standard InChI is InChI=1S/C11H12ClN3OS2/c12-11-14-9(8-1-4-17-10(8)15-11)13-7-2-5-18(16)6-3-7/h1,4,7H,2-3,5-6H2,(H,13,14,15). The molecule has 0 saturated carbocycles. The lowest BCUT2D eigenvalue weighted by Crippen LogP contribution is -2.29. The van der Waals surface area contributed by atoms with E-state index in [0.29, 0.717) is 6.04 Å². The van der Waals surface area contributed by atoms with E-state index < -0.39 is 10.8 Å². The predicted molar refractivity (Wildman–Crippen MR) is 76.9 cm³/mol. The average molecular weight is 302 g/mol. The van der Waals surface area contributed by atoms with Crippen molar-refractivity contribution in [2.24, 2.45) is 0 Å². The second kappa shape index (κ2) is 5.11. The number of rotatable bonds is 2. The number of anilines is 1. The first-order valence-corrected chi connectivity index (χ1v) is 8.49. The molecular weight excluding hydrogens is 290 g/mol. The summed E-state index contributed by atoms with van der Waals surface area (Å²) in [5.74, 6) is 2.33. The molecule has 96 valence electrons. The first kappa shape index (κ1) is 12.3. The van der Waals surface area contributed by atoms with Crippen molar-refractivity contribution >= 4 is 49.8 Å². The van der Waals surface area contributed by atoms with Gasteiger partial charge in [0.25, 0.3) is 0 Å². The summed E-state index contributed by atoms with van der Waals surface area (Å²) >= 11 is 7.47. The second-order valence-electron chi connectivity index (χ2n) is 4.25. The molecule has 1 fully saturated rings. The molecule has 0 aromatic carbocycles. The molecule has 0 bridgehead atoms. The number of hydrogen-bond donors (Lipinski definition) is 1. The van der Waals surface area contributed by atoms with E-state index >= 15 is 0 Å². The molecule has 1 aliphatic rings. The maximum absolute atomic E-state index is 11.3. The molecule has 1 aliphatic heterocycles. The van der Waals surface area contributed by atoms with Crippen LogP contribution in [0.25, 0.3) is 10.2 Å². The summed E-state index contributed by atoms with van der Waals surface area (Å²) in [6.07, 6.45) is 1.83. The zero-order valence-corrected chi connectivity index (χ0v) is 11.9. The van der Waals surface area contributed by atoms with E-state index in [2.05, 4.69) is 15.3 Å². The third-order valence-electron chi connectivity index (χ3n) is 3.03. The van der Waals surface area contributed by atoms with Crippen LogP contribution < -0.4 is 5.32 Å². The molecule has 0 amide bonds. The highest BCUT2D eigenvalue weighted by Crippen LogP contribution is 2.27. The molecule has 1 saturated heterocycles. The summed E-state index contributed by atoms with van der Waals surface area (Å²) < 4.78 is 11.3. The largest absolute Gasteiger partial charge is 0.367 e. The van der Waals surface area contributed by atoms with E-state index in [0.717, 1.165) is 40.4 Å². The average Bonchev–Trinajstić information content (AvgIpc) is 2.80. The van der Waals surface area contributed by atoms with Crippen LogP contribution in [0.2, 0.25) is 5.28 Å². The lowest BCUT2D eigenvalue weighted by atomic mass is 10.1. The van der Waals surface area contributed by atoms with Gasteiger partial charge in [0.05, 0.1) is 5.39 Å². The van der Waals surface area contributed by atoms with Crippen molar-refractivity contribution in [3.05, 3.63) is 16.7 Å². The molecule has 3 rings (SSSR count). The SMILES string of the molecule is O=S1CCC(Nc2nc(Cl)nc3sccc23)CC1. The highest BCUT2D eigenvalue weighted by molar-refractivity contribution is 7.85. The van der Waals surface area contributed by atoms with E-state index in [-0.39, 0.29) is 5.28 Å². The smallest absolute Gasteiger partial charge is 0.225 e. The Hall–Kier alpha value is -0.720. The maximum atomic E-state index is 11.3. The molecule has 3 heterocycles. The Bertz CT molecular complexity index is 591. The van der Waals surface area contributed by atoms with E-state index in [1.54, 1.807) is 11.3 Å².